The van der Waals surface area contributed by atoms with E-state index in [-0.39, 0.29) is 11.6 Å². The highest BCUT2D eigenvalue weighted by Gasteiger charge is 2.17. The molecule has 0 unspecified atom stereocenters. The van der Waals surface area contributed by atoms with E-state index in [0.717, 1.165) is 32.9 Å². The van der Waals surface area contributed by atoms with Crippen molar-refractivity contribution in [3.8, 4) is 51.5 Å². The zero-order valence-corrected chi connectivity index (χ0v) is 24.6. The van der Waals surface area contributed by atoms with Crippen LogP contribution in [0.15, 0.2) is 140 Å². The van der Waals surface area contributed by atoms with Gasteiger partial charge in [0.2, 0.25) is 5.95 Å². The van der Waals surface area contributed by atoms with Crippen LogP contribution in [0, 0.1) is 11.6 Å². The second kappa shape index (κ2) is 11.8. The van der Waals surface area contributed by atoms with Gasteiger partial charge in [0.25, 0.3) is 0 Å². The van der Waals surface area contributed by atoms with Crippen LogP contribution < -0.4 is 9.47 Å². The first-order valence-electron chi connectivity index (χ1n) is 14.7. The largest absolute Gasteiger partial charge is 0.457 e. The molecule has 0 saturated heterocycles. The Morgan fingerprint density at radius 3 is 1.43 bits per heavy atom. The van der Waals surface area contributed by atoms with Crippen LogP contribution in [0.1, 0.15) is 0 Å². The normalized spacial score (nSPS) is 11.2. The molecule has 226 valence electrons. The number of aromatic nitrogens is 5. The fraction of sp³-hybridized carbons (Fsp3) is 0. The third-order valence-electron chi connectivity index (χ3n) is 7.64. The van der Waals surface area contributed by atoms with Gasteiger partial charge < -0.3 is 9.47 Å². The molecular formula is C38H23F2N5O2. The maximum atomic E-state index is 13.8. The summed E-state index contributed by atoms with van der Waals surface area (Å²) in [5.41, 5.74) is 4.18. The summed E-state index contributed by atoms with van der Waals surface area (Å²) in [6.07, 6.45) is 6.26. The Balaban J connectivity index is 1.18. The molecule has 9 heteroatoms. The molecule has 0 aliphatic heterocycles. The molecule has 7 nitrogen and oxygen atoms in total. The highest BCUT2D eigenvalue weighted by Crippen LogP contribution is 2.37. The van der Waals surface area contributed by atoms with E-state index in [1.165, 1.54) is 36.7 Å². The first-order valence-corrected chi connectivity index (χ1v) is 14.7. The predicted molar refractivity (Wildman–Crippen MR) is 176 cm³/mol. The van der Waals surface area contributed by atoms with Crippen LogP contribution in [0.5, 0.6) is 23.0 Å². The maximum absolute atomic E-state index is 13.8. The molecular weight excluding hydrogens is 596 g/mol. The molecule has 0 fully saturated rings. The van der Waals surface area contributed by atoms with Crippen molar-refractivity contribution in [3.63, 3.8) is 0 Å². The molecule has 0 N–H and O–H groups in total. The second-order valence-corrected chi connectivity index (χ2v) is 10.7. The van der Waals surface area contributed by atoms with E-state index in [0.29, 0.717) is 40.3 Å². The Bertz CT molecular complexity index is 2260. The van der Waals surface area contributed by atoms with E-state index in [1.807, 2.05) is 89.5 Å². The lowest BCUT2D eigenvalue weighted by Crippen LogP contribution is -2.00. The van der Waals surface area contributed by atoms with Gasteiger partial charge >= 0.3 is 0 Å². The highest BCUT2D eigenvalue weighted by molar-refractivity contribution is 6.09. The van der Waals surface area contributed by atoms with Crippen LogP contribution in [-0.2, 0) is 0 Å². The van der Waals surface area contributed by atoms with Crippen molar-refractivity contribution >= 4 is 21.8 Å². The van der Waals surface area contributed by atoms with Gasteiger partial charge in [-0.2, -0.15) is 0 Å². The smallest absolute Gasteiger partial charge is 0.234 e. The lowest BCUT2D eigenvalue weighted by Gasteiger charge is -2.10. The molecule has 0 saturated carbocycles. The summed E-state index contributed by atoms with van der Waals surface area (Å²) >= 11 is 0. The summed E-state index contributed by atoms with van der Waals surface area (Å²) in [6.45, 7) is 0. The molecule has 0 amide bonds. The molecule has 0 spiro atoms. The van der Waals surface area contributed by atoms with Crippen molar-refractivity contribution in [2.75, 3.05) is 0 Å². The number of hydrogen-bond donors (Lipinski definition) is 0. The van der Waals surface area contributed by atoms with Gasteiger partial charge in [-0.3, -0.25) is 14.5 Å². The Labute approximate surface area is 267 Å². The van der Waals surface area contributed by atoms with E-state index in [4.69, 9.17) is 9.47 Å². The topological polar surface area (TPSA) is 75.0 Å². The molecule has 0 aliphatic rings. The summed E-state index contributed by atoms with van der Waals surface area (Å²) in [7, 11) is 0. The van der Waals surface area contributed by atoms with Crippen LogP contribution in [-0.4, -0.2) is 24.5 Å². The van der Waals surface area contributed by atoms with Crippen molar-refractivity contribution in [3.05, 3.63) is 152 Å². The van der Waals surface area contributed by atoms with Gasteiger partial charge in [0.05, 0.1) is 22.4 Å². The quantitative estimate of drug-likeness (QED) is 0.177. The number of nitrogens with zero attached hydrogens (tertiary/aromatic N) is 5. The van der Waals surface area contributed by atoms with E-state index >= 15 is 0 Å². The van der Waals surface area contributed by atoms with E-state index < -0.39 is 0 Å². The van der Waals surface area contributed by atoms with E-state index in [9.17, 15) is 8.78 Å². The Morgan fingerprint density at radius 1 is 0.447 bits per heavy atom. The summed E-state index contributed by atoms with van der Waals surface area (Å²) in [6, 6.07) is 33.6. The van der Waals surface area contributed by atoms with Crippen LogP contribution >= 0.6 is 0 Å². The highest BCUT2D eigenvalue weighted by atomic mass is 19.1. The SMILES string of the molecule is Fc1ccnc(-c2cccc(Oc3ccc4c5ccc(Oc6cccc(-c7cc(F)ccn7)c6)cc5n(-c5ncccn5)c4c3)c2)c1. The molecule has 4 heterocycles. The van der Waals surface area contributed by atoms with Gasteiger partial charge in [0.15, 0.2) is 0 Å². The minimum Gasteiger partial charge on any atom is -0.457 e. The van der Waals surface area contributed by atoms with Crippen LogP contribution in [0.2, 0.25) is 0 Å². The van der Waals surface area contributed by atoms with Gasteiger partial charge in [-0.15, -0.1) is 0 Å². The van der Waals surface area contributed by atoms with Gasteiger partial charge in [0, 0.05) is 71.0 Å². The summed E-state index contributed by atoms with van der Waals surface area (Å²) in [5.74, 6) is 2.13. The van der Waals surface area contributed by atoms with Gasteiger partial charge in [-0.1, -0.05) is 24.3 Å². The minimum atomic E-state index is -0.356. The second-order valence-electron chi connectivity index (χ2n) is 10.7. The fourth-order valence-electron chi connectivity index (χ4n) is 5.56. The minimum absolute atomic E-state index is 0.356. The number of fused-ring (bicyclic) bond motifs is 3. The maximum Gasteiger partial charge on any atom is 0.234 e. The van der Waals surface area contributed by atoms with Gasteiger partial charge in [-0.05, 0) is 66.7 Å². The number of benzene rings is 4. The molecule has 0 aliphatic carbocycles. The number of hydrogen-bond acceptors (Lipinski definition) is 6. The average Bonchev–Trinajstić information content (AvgIpc) is 3.41. The van der Waals surface area contributed by atoms with Crippen LogP contribution in [0.25, 0.3) is 50.3 Å². The zero-order chi connectivity index (χ0) is 31.7. The molecule has 0 radical (unpaired) electrons. The average molecular weight is 620 g/mol. The van der Waals surface area contributed by atoms with E-state index in [2.05, 4.69) is 19.9 Å². The molecule has 0 bridgehead atoms. The standard InChI is InChI=1S/C38H23F2N5O2/c39-26-12-16-41-34(20-26)24-4-1-6-28(18-24)46-30-8-10-32-33-11-9-31(23-37(33)45(36(32)22-30)38-43-14-3-15-44-38)47-29-7-2-5-25(19-29)35-21-27(40)13-17-42-35/h1-23H. The lowest BCUT2D eigenvalue weighted by atomic mass is 10.1. The summed E-state index contributed by atoms with van der Waals surface area (Å²) in [5, 5.41) is 1.95. The third-order valence-corrected chi connectivity index (χ3v) is 7.64. The van der Waals surface area contributed by atoms with Crippen LogP contribution in [0.3, 0.4) is 0 Å². The lowest BCUT2D eigenvalue weighted by molar-refractivity contribution is 0.483. The molecule has 47 heavy (non-hydrogen) atoms. The first-order chi connectivity index (χ1) is 23.1. The molecule has 8 aromatic rings. The van der Waals surface area contributed by atoms with Crippen LogP contribution in [0.4, 0.5) is 8.78 Å². The van der Waals surface area contributed by atoms with Crippen molar-refractivity contribution in [1.29, 1.82) is 0 Å². The monoisotopic (exact) mass is 619 g/mol. The fourth-order valence-corrected chi connectivity index (χ4v) is 5.56. The van der Waals surface area contributed by atoms with E-state index in [1.54, 1.807) is 18.5 Å². The van der Waals surface area contributed by atoms with Crippen molar-refractivity contribution in [2.24, 2.45) is 0 Å². The van der Waals surface area contributed by atoms with Crippen molar-refractivity contribution in [2.45, 2.75) is 0 Å². The number of halogens is 2. The predicted octanol–water partition coefficient (Wildman–Crippen LogP) is 9.56. The number of rotatable bonds is 7. The number of ether oxygens (including phenoxy) is 2. The Hall–Kier alpha value is -6.48. The van der Waals surface area contributed by atoms with Crippen molar-refractivity contribution < 1.29 is 18.3 Å². The van der Waals surface area contributed by atoms with Crippen molar-refractivity contribution in [1.82, 2.24) is 24.5 Å². The number of pyridine rings is 2. The molecule has 4 aromatic heterocycles. The molecule has 8 rings (SSSR count). The summed E-state index contributed by atoms with van der Waals surface area (Å²) < 4.78 is 42.2. The zero-order valence-electron chi connectivity index (χ0n) is 24.6. The Morgan fingerprint density at radius 2 is 0.936 bits per heavy atom. The van der Waals surface area contributed by atoms with Gasteiger partial charge in [-0.25, -0.2) is 18.7 Å². The first kappa shape index (κ1) is 28.0. The summed E-state index contributed by atoms with van der Waals surface area (Å²) in [4.78, 5) is 17.7. The molecule has 4 aromatic carbocycles. The van der Waals surface area contributed by atoms with Gasteiger partial charge in [0.1, 0.15) is 34.6 Å². The third kappa shape index (κ3) is 5.62. The molecule has 0 atom stereocenters. The Kier molecular flexibility index (Phi) is 7.03.